The molecule has 7 heteroatoms. The Hall–Kier alpha value is -2.83. The van der Waals surface area contributed by atoms with Crippen molar-refractivity contribution in [2.75, 3.05) is 13.1 Å². The van der Waals surface area contributed by atoms with E-state index in [1.807, 2.05) is 0 Å². The number of hydrogen-bond donors (Lipinski definition) is 2. The Balaban J connectivity index is 2.08. The molecule has 0 aliphatic carbocycles. The normalized spacial score (nSPS) is 11.0. The molecular weight excluding hydrogens is 333 g/mol. The number of hydrogen-bond acceptors (Lipinski definition) is 2. The molecule has 2 N–H and O–H groups in total. The first-order valence-corrected chi connectivity index (χ1v) is 7.58. The van der Waals surface area contributed by atoms with Crippen LogP contribution in [-0.2, 0) is 11.0 Å². The van der Waals surface area contributed by atoms with Crippen LogP contribution in [0.3, 0.4) is 0 Å². The van der Waals surface area contributed by atoms with Crippen LogP contribution in [0.1, 0.15) is 22.8 Å². The molecule has 0 spiro atoms. The van der Waals surface area contributed by atoms with Gasteiger partial charge in [0, 0.05) is 25.6 Å². The summed E-state index contributed by atoms with van der Waals surface area (Å²) in [4.78, 5) is 22.8. The van der Waals surface area contributed by atoms with Gasteiger partial charge in [-0.3, -0.25) is 9.59 Å². The fourth-order valence-corrected chi connectivity index (χ4v) is 2.21. The third-order valence-corrected chi connectivity index (χ3v) is 3.45. The van der Waals surface area contributed by atoms with Crippen molar-refractivity contribution in [3.8, 4) is 11.1 Å². The topological polar surface area (TPSA) is 58.2 Å². The smallest absolute Gasteiger partial charge is 0.355 e. The van der Waals surface area contributed by atoms with Gasteiger partial charge in [-0.15, -0.1) is 0 Å². The Morgan fingerprint density at radius 3 is 2.16 bits per heavy atom. The molecule has 2 aromatic rings. The maximum absolute atomic E-state index is 12.6. The molecule has 0 heterocycles. The van der Waals surface area contributed by atoms with Crippen LogP contribution in [0.4, 0.5) is 13.2 Å². The van der Waals surface area contributed by atoms with Gasteiger partial charge in [0.05, 0.1) is 5.56 Å². The zero-order valence-electron chi connectivity index (χ0n) is 13.5. The first kappa shape index (κ1) is 18.5. The van der Waals surface area contributed by atoms with Gasteiger partial charge in [-0.25, -0.2) is 0 Å². The molecular formula is C18H17F3N2O2. The van der Waals surface area contributed by atoms with Gasteiger partial charge in [-0.05, 0) is 35.4 Å². The van der Waals surface area contributed by atoms with E-state index < -0.39 is 11.7 Å². The summed E-state index contributed by atoms with van der Waals surface area (Å²) in [5, 5.41) is 5.22. The number of carbonyl (C=O) groups is 2. The van der Waals surface area contributed by atoms with Crippen molar-refractivity contribution in [3.63, 3.8) is 0 Å². The monoisotopic (exact) mass is 350 g/mol. The molecule has 0 radical (unpaired) electrons. The molecule has 0 atom stereocenters. The molecule has 0 aliphatic rings. The Morgan fingerprint density at radius 1 is 0.920 bits per heavy atom. The van der Waals surface area contributed by atoms with E-state index in [1.54, 1.807) is 24.3 Å². The quantitative estimate of drug-likeness (QED) is 0.814. The summed E-state index contributed by atoms with van der Waals surface area (Å²) < 4.78 is 37.8. The maximum atomic E-state index is 12.6. The van der Waals surface area contributed by atoms with Gasteiger partial charge in [0.1, 0.15) is 0 Å². The molecule has 0 bridgehead atoms. The van der Waals surface area contributed by atoms with Gasteiger partial charge in [0.25, 0.3) is 5.91 Å². The van der Waals surface area contributed by atoms with E-state index in [9.17, 15) is 22.8 Å². The van der Waals surface area contributed by atoms with E-state index in [0.29, 0.717) is 23.2 Å². The fraction of sp³-hybridized carbons (Fsp3) is 0.222. The van der Waals surface area contributed by atoms with E-state index in [4.69, 9.17) is 0 Å². The number of carbonyl (C=O) groups excluding carboxylic acids is 2. The van der Waals surface area contributed by atoms with Crippen LogP contribution in [0, 0.1) is 0 Å². The van der Waals surface area contributed by atoms with Crippen LogP contribution in [0.25, 0.3) is 11.1 Å². The zero-order valence-corrected chi connectivity index (χ0v) is 13.5. The van der Waals surface area contributed by atoms with E-state index in [-0.39, 0.29) is 18.4 Å². The molecule has 0 saturated carbocycles. The molecule has 4 nitrogen and oxygen atoms in total. The van der Waals surface area contributed by atoms with Crippen molar-refractivity contribution in [3.05, 3.63) is 59.7 Å². The minimum atomic E-state index is -4.38. The van der Waals surface area contributed by atoms with Crippen LogP contribution >= 0.6 is 0 Å². The molecule has 0 unspecified atom stereocenters. The lowest BCUT2D eigenvalue weighted by molar-refractivity contribution is -0.137. The van der Waals surface area contributed by atoms with Gasteiger partial charge >= 0.3 is 6.18 Å². The van der Waals surface area contributed by atoms with Crippen molar-refractivity contribution >= 4 is 11.8 Å². The van der Waals surface area contributed by atoms with Crippen molar-refractivity contribution in [1.29, 1.82) is 0 Å². The van der Waals surface area contributed by atoms with E-state index in [2.05, 4.69) is 10.6 Å². The fourth-order valence-electron chi connectivity index (χ4n) is 2.21. The Morgan fingerprint density at radius 2 is 1.56 bits per heavy atom. The molecule has 2 amide bonds. The number of rotatable bonds is 5. The summed E-state index contributed by atoms with van der Waals surface area (Å²) in [6.07, 6.45) is -4.38. The van der Waals surface area contributed by atoms with Crippen LogP contribution in [-0.4, -0.2) is 24.9 Å². The zero-order chi connectivity index (χ0) is 18.4. The average Bonchev–Trinajstić information content (AvgIpc) is 2.58. The highest BCUT2D eigenvalue weighted by Crippen LogP contribution is 2.31. The third-order valence-electron chi connectivity index (χ3n) is 3.45. The van der Waals surface area contributed by atoms with E-state index >= 15 is 0 Å². The lowest BCUT2D eigenvalue weighted by Crippen LogP contribution is -2.33. The van der Waals surface area contributed by atoms with Crippen molar-refractivity contribution in [2.24, 2.45) is 0 Å². The second kappa shape index (κ2) is 7.83. The van der Waals surface area contributed by atoms with Crippen LogP contribution in [0.5, 0.6) is 0 Å². The number of halogens is 3. The summed E-state index contributed by atoms with van der Waals surface area (Å²) in [6.45, 7) is 1.98. The minimum absolute atomic E-state index is 0.182. The highest BCUT2D eigenvalue weighted by atomic mass is 19.4. The Labute approximate surface area is 143 Å². The van der Waals surface area contributed by atoms with Crippen molar-refractivity contribution in [2.45, 2.75) is 13.1 Å². The van der Waals surface area contributed by atoms with Gasteiger partial charge in [0.2, 0.25) is 5.91 Å². The minimum Gasteiger partial charge on any atom is -0.355 e. The molecule has 0 fully saturated rings. The largest absolute Gasteiger partial charge is 0.416 e. The Bertz CT molecular complexity index is 756. The van der Waals surface area contributed by atoms with E-state index in [0.717, 1.165) is 12.1 Å². The standard InChI is InChI=1S/C18H17F3N2O2/c1-12(24)22-9-10-23-17(25)15-4-2-3-14(11-15)13-5-7-16(8-6-13)18(19,20)21/h2-8,11H,9-10H2,1H3,(H,22,24)(H,23,25). The van der Waals surface area contributed by atoms with Gasteiger partial charge in [-0.2, -0.15) is 13.2 Å². The van der Waals surface area contributed by atoms with Crippen molar-refractivity contribution in [1.82, 2.24) is 10.6 Å². The van der Waals surface area contributed by atoms with Gasteiger partial charge < -0.3 is 10.6 Å². The number of alkyl halides is 3. The first-order valence-electron chi connectivity index (χ1n) is 7.58. The van der Waals surface area contributed by atoms with Crippen LogP contribution in [0.15, 0.2) is 48.5 Å². The number of benzene rings is 2. The van der Waals surface area contributed by atoms with Crippen LogP contribution in [0.2, 0.25) is 0 Å². The highest BCUT2D eigenvalue weighted by Gasteiger charge is 2.29. The molecule has 2 aromatic carbocycles. The SMILES string of the molecule is CC(=O)NCCNC(=O)c1cccc(-c2ccc(C(F)(F)F)cc2)c1. The molecule has 132 valence electrons. The average molecular weight is 350 g/mol. The first-order chi connectivity index (χ1) is 11.8. The van der Waals surface area contributed by atoms with Crippen molar-refractivity contribution < 1.29 is 22.8 Å². The molecule has 0 aliphatic heterocycles. The predicted octanol–water partition coefficient (Wildman–Crippen LogP) is 3.24. The summed E-state index contributed by atoms with van der Waals surface area (Å²) in [5.74, 6) is -0.502. The maximum Gasteiger partial charge on any atom is 0.416 e. The Kier molecular flexibility index (Phi) is 5.80. The molecule has 2 rings (SSSR count). The molecule has 0 saturated heterocycles. The van der Waals surface area contributed by atoms with Crippen LogP contribution < -0.4 is 10.6 Å². The lowest BCUT2D eigenvalue weighted by atomic mass is 10.0. The van der Waals surface area contributed by atoms with Gasteiger partial charge in [-0.1, -0.05) is 24.3 Å². The lowest BCUT2D eigenvalue weighted by Gasteiger charge is -2.09. The van der Waals surface area contributed by atoms with Gasteiger partial charge in [0.15, 0.2) is 0 Å². The molecule has 25 heavy (non-hydrogen) atoms. The second-order valence-corrected chi connectivity index (χ2v) is 5.39. The summed E-state index contributed by atoms with van der Waals surface area (Å²) in [7, 11) is 0. The summed E-state index contributed by atoms with van der Waals surface area (Å²) >= 11 is 0. The summed E-state index contributed by atoms with van der Waals surface area (Å²) in [5.41, 5.74) is 0.896. The predicted molar refractivity (Wildman–Crippen MR) is 87.9 cm³/mol. The number of nitrogens with one attached hydrogen (secondary N) is 2. The second-order valence-electron chi connectivity index (χ2n) is 5.39. The molecule has 0 aromatic heterocycles. The number of amides is 2. The third kappa shape index (κ3) is 5.34. The summed E-state index contributed by atoms with van der Waals surface area (Å²) in [6, 6.07) is 11.4. The highest BCUT2D eigenvalue weighted by molar-refractivity contribution is 5.95. The van der Waals surface area contributed by atoms with E-state index in [1.165, 1.54) is 19.1 Å².